The average molecular weight is 520 g/mol. The summed E-state index contributed by atoms with van der Waals surface area (Å²) in [6.45, 7) is 3.91. The molecule has 192 valence electrons. The van der Waals surface area contributed by atoms with Crippen molar-refractivity contribution in [2.24, 2.45) is 0 Å². The van der Waals surface area contributed by atoms with Gasteiger partial charge in [0.2, 0.25) is 5.91 Å². The molecule has 2 aromatic carbocycles. The molecule has 0 spiro atoms. The van der Waals surface area contributed by atoms with Crippen LogP contribution in [0.2, 0.25) is 5.02 Å². The Morgan fingerprint density at radius 2 is 1.97 bits per heavy atom. The van der Waals surface area contributed by atoms with Crippen LogP contribution in [0.5, 0.6) is 5.75 Å². The van der Waals surface area contributed by atoms with Gasteiger partial charge in [-0.2, -0.15) is 0 Å². The topological polar surface area (TPSA) is 108 Å². The maximum atomic E-state index is 12.8. The number of hydrogen-bond donors (Lipinski definition) is 4. The van der Waals surface area contributed by atoms with Gasteiger partial charge in [-0.15, -0.1) is 0 Å². The minimum absolute atomic E-state index is 0.0633. The van der Waals surface area contributed by atoms with Gasteiger partial charge in [0.25, 0.3) is 0 Å². The van der Waals surface area contributed by atoms with Crippen LogP contribution in [0, 0.1) is 0 Å². The van der Waals surface area contributed by atoms with Crippen molar-refractivity contribution in [3.63, 3.8) is 0 Å². The smallest absolute Gasteiger partial charge is 0.410 e. The Hall–Kier alpha value is -3.78. The molecule has 9 heteroatoms. The van der Waals surface area contributed by atoms with E-state index in [4.69, 9.17) is 21.3 Å². The molecule has 0 aliphatic heterocycles. The zero-order chi connectivity index (χ0) is 25.9. The van der Waals surface area contributed by atoms with Gasteiger partial charge in [-0.3, -0.25) is 9.78 Å². The molecule has 0 saturated carbocycles. The van der Waals surface area contributed by atoms with Gasteiger partial charge in [0, 0.05) is 46.7 Å². The lowest BCUT2D eigenvalue weighted by molar-refractivity contribution is -0.118. The number of rotatable bonds is 7. The van der Waals surface area contributed by atoms with E-state index < -0.39 is 12.3 Å². The lowest BCUT2D eigenvalue weighted by Crippen LogP contribution is -2.40. The fourth-order valence-electron chi connectivity index (χ4n) is 4.93. The Balaban J connectivity index is 1.29. The minimum atomic E-state index is -0.556. The van der Waals surface area contributed by atoms with E-state index in [0.29, 0.717) is 23.7 Å². The number of aryl methyl sites for hydroxylation is 1. The Labute approximate surface area is 220 Å². The minimum Gasteiger partial charge on any atom is -0.410 e. The van der Waals surface area contributed by atoms with Crippen LogP contribution in [-0.2, 0) is 24.1 Å². The van der Waals surface area contributed by atoms with E-state index in [0.717, 1.165) is 64.4 Å². The van der Waals surface area contributed by atoms with Gasteiger partial charge >= 0.3 is 6.09 Å². The number of H-pyrrole nitrogens is 1. The first-order valence-corrected chi connectivity index (χ1v) is 13.0. The number of halogens is 1. The third-order valence-corrected chi connectivity index (χ3v) is 6.87. The summed E-state index contributed by atoms with van der Waals surface area (Å²) in [5.74, 6) is 0.378. The third kappa shape index (κ3) is 5.64. The molecule has 2 aromatic heterocycles. The number of carbonyl (C=O) groups excluding carboxylic acids is 2. The number of nitrogens with zero attached hydrogens (tertiary/aromatic N) is 1. The average Bonchev–Trinajstić information content (AvgIpc) is 3.26. The van der Waals surface area contributed by atoms with E-state index in [-0.39, 0.29) is 5.91 Å². The molecule has 1 aliphatic carbocycles. The van der Waals surface area contributed by atoms with Gasteiger partial charge < -0.3 is 25.7 Å². The van der Waals surface area contributed by atoms with Crippen molar-refractivity contribution in [3.05, 3.63) is 64.4 Å². The SMILES string of the molecule is CC(=O)NCCc1c[nH]c2ccc(OC(=O)NC(C)Nc3c4c(nc5ccc(Cl)cc35)CCCC4)cc12. The molecule has 37 heavy (non-hydrogen) atoms. The molecular weight excluding hydrogens is 490 g/mol. The molecule has 2 amide bonds. The van der Waals surface area contributed by atoms with Crippen LogP contribution in [-0.4, -0.2) is 34.7 Å². The monoisotopic (exact) mass is 519 g/mol. The predicted octanol–water partition coefficient (Wildman–Crippen LogP) is 5.47. The number of carbonyl (C=O) groups is 2. The van der Waals surface area contributed by atoms with Gasteiger partial charge in [-0.05, 0) is 86.6 Å². The van der Waals surface area contributed by atoms with Crippen LogP contribution in [0.3, 0.4) is 0 Å². The highest BCUT2D eigenvalue weighted by atomic mass is 35.5. The van der Waals surface area contributed by atoms with Gasteiger partial charge in [0.1, 0.15) is 5.75 Å². The van der Waals surface area contributed by atoms with Gasteiger partial charge in [0.05, 0.1) is 17.4 Å². The summed E-state index contributed by atoms with van der Waals surface area (Å²) in [5.41, 5.74) is 6.12. The number of hydrogen-bond acceptors (Lipinski definition) is 5. The second-order valence-corrected chi connectivity index (χ2v) is 9.87. The van der Waals surface area contributed by atoms with E-state index in [9.17, 15) is 9.59 Å². The van der Waals surface area contributed by atoms with Crippen molar-refractivity contribution >= 4 is 51.1 Å². The Morgan fingerprint density at radius 3 is 2.81 bits per heavy atom. The molecule has 1 unspecified atom stereocenters. The summed E-state index contributed by atoms with van der Waals surface area (Å²) in [6.07, 6.45) is 5.74. The number of benzene rings is 2. The first-order valence-electron chi connectivity index (χ1n) is 12.6. The van der Waals surface area contributed by atoms with Crippen molar-refractivity contribution in [2.45, 2.75) is 52.1 Å². The lowest BCUT2D eigenvalue weighted by Gasteiger charge is -2.24. The zero-order valence-electron chi connectivity index (χ0n) is 20.9. The van der Waals surface area contributed by atoms with Crippen molar-refractivity contribution in [2.75, 3.05) is 11.9 Å². The summed E-state index contributed by atoms with van der Waals surface area (Å²) in [4.78, 5) is 32.0. The lowest BCUT2D eigenvalue weighted by atomic mass is 9.92. The van der Waals surface area contributed by atoms with Crippen LogP contribution in [0.4, 0.5) is 10.5 Å². The second kappa shape index (κ2) is 10.7. The normalized spacial score (nSPS) is 13.7. The quantitative estimate of drug-likeness (QED) is 0.242. The number of nitrogens with one attached hydrogen (secondary N) is 4. The standard InChI is InChI=1S/C28H30ClN5O3/c1-16(32-27-21-5-3-4-6-25(21)34-26-9-7-19(29)13-23(26)27)33-28(36)37-20-8-10-24-22(14-20)18(15-31-24)11-12-30-17(2)35/h7-10,13-16,31H,3-6,11-12H2,1-2H3,(H,30,35)(H,32,34)(H,33,36). The van der Waals surface area contributed by atoms with Crippen LogP contribution >= 0.6 is 11.6 Å². The molecule has 1 aliphatic rings. The number of pyridine rings is 1. The Morgan fingerprint density at radius 1 is 1.14 bits per heavy atom. The Kier molecular flexibility index (Phi) is 7.19. The van der Waals surface area contributed by atoms with Gasteiger partial charge in [-0.1, -0.05) is 11.6 Å². The third-order valence-electron chi connectivity index (χ3n) is 6.64. The maximum absolute atomic E-state index is 12.8. The molecule has 2 heterocycles. The van der Waals surface area contributed by atoms with E-state index in [1.165, 1.54) is 12.5 Å². The van der Waals surface area contributed by atoms with E-state index in [2.05, 4.69) is 20.9 Å². The van der Waals surface area contributed by atoms with Crippen LogP contribution < -0.4 is 20.7 Å². The molecule has 0 radical (unpaired) electrons. The van der Waals surface area contributed by atoms with E-state index in [1.54, 1.807) is 6.07 Å². The van der Waals surface area contributed by atoms with Crippen LogP contribution in [0.25, 0.3) is 21.8 Å². The fraction of sp³-hybridized carbons (Fsp3) is 0.321. The van der Waals surface area contributed by atoms with E-state index in [1.807, 2.05) is 43.5 Å². The largest absolute Gasteiger partial charge is 0.414 e. The highest BCUT2D eigenvalue weighted by molar-refractivity contribution is 6.31. The summed E-state index contributed by atoms with van der Waals surface area (Å²) in [6, 6.07) is 11.2. The molecule has 0 bridgehead atoms. The van der Waals surface area contributed by atoms with Crippen molar-refractivity contribution in [3.8, 4) is 5.75 Å². The number of anilines is 1. The van der Waals surface area contributed by atoms with Gasteiger partial charge in [-0.25, -0.2) is 4.79 Å². The number of fused-ring (bicyclic) bond motifs is 3. The molecule has 0 fully saturated rings. The molecule has 4 N–H and O–H groups in total. The van der Waals surface area contributed by atoms with E-state index >= 15 is 0 Å². The van der Waals surface area contributed by atoms with Crippen LogP contribution in [0.1, 0.15) is 43.5 Å². The second-order valence-electron chi connectivity index (χ2n) is 9.43. The highest BCUT2D eigenvalue weighted by Gasteiger charge is 2.20. The Bertz CT molecular complexity index is 1480. The van der Waals surface area contributed by atoms with Crippen molar-refractivity contribution < 1.29 is 14.3 Å². The number of aromatic nitrogens is 2. The first kappa shape index (κ1) is 24.9. The molecule has 5 rings (SSSR count). The molecule has 8 nitrogen and oxygen atoms in total. The molecular formula is C28H30ClN5O3. The molecule has 4 aromatic rings. The number of aromatic amines is 1. The fourth-order valence-corrected chi connectivity index (χ4v) is 5.10. The highest BCUT2D eigenvalue weighted by Crippen LogP contribution is 2.35. The first-order chi connectivity index (χ1) is 17.9. The summed E-state index contributed by atoms with van der Waals surface area (Å²) in [5, 5.41) is 11.7. The molecule has 0 saturated heterocycles. The summed E-state index contributed by atoms with van der Waals surface area (Å²) in [7, 11) is 0. The summed E-state index contributed by atoms with van der Waals surface area (Å²) >= 11 is 6.31. The van der Waals surface area contributed by atoms with Crippen molar-refractivity contribution in [1.82, 2.24) is 20.6 Å². The predicted molar refractivity (Wildman–Crippen MR) is 146 cm³/mol. The number of amides is 2. The number of ether oxygens (including phenoxy) is 1. The summed E-state index contributed by atoms with van der Waals surface area (Å²) < 4.78 is 5.61. The van der Waals surface area contributed by atoms with Crippen LogP contribution in [0.15, 0.2) is 42.6 Å². The molecule has 1 atom stereocenters. The zero-order valence-corrected chi connectivity index (χ0v) is 21.7. The van der Waals surface area contributed by atoms with Gasteiger partial charge in [0.15, 0.2) is 0 Å². The van der Waals surface area contributed by atoms with Crippen molar-refractivity contribution in [1.29, 1.82) is 0 Å². The maximum Gasteiger partial charge on any atom is 0.414 e.